The van der Waals surface area contributed by atoms with Crippen LogP contribution in [0.3, 0.4) is 0 Å². The van der Waals surface area contributed by atoms with Gasteiger partial charge in [0.1, 0.15) is 11.6 Å². The number of carbonyl (C=O) groups excluding carboxylic acids is 1. The molecule has 120 valence electrons. The summed E-state index contributed by atoms with van der Waals surface area (Å²) in [5.41, 5.74) is 6.93. The average molecular weight is 321 g/mol. The Balaban J connectivity index is 1.82. The molecular weight excluding hydrogens is 306 g/mol. The molecule has 0 radical (unpaired) electrons. The van der Waals surface area contributed by atoms with Crippen molar-refractivity contribution in [1.29, 1.82) is 0 Å². The van der Waals surface area contributed by atoms with Crippen LogP contribution in [-0.2, 0) is 0 Å². The number of nitrogens with zero attached hydrogens (tertiary/aromatic N) is 2. The molecule has 0 aliphatic carbocycles. The quantitative estimate of drug-likeness (QED) is 0.575. The Morgan fingerprint density at radius 1 is 1.04 bits per heavy atom. The molecular formula is C17H15N5O2. The smallest absolute Gasteiger partial charge is 0.250 e. The standard InChI is InChI=1S/C17H15N5O2/c18-16(24)13-6-1-2-7-14(13)21-17-19-9-8-15(22-17)20-11-4-3-5-12(23)10-11/h1-10,23H,(H2,18,24)(H2,19,20,21,22). The molecule has 7 nitrogen and oxygen atoms in total. The molecule has 0 bridgehead atoms. The van der Waals surface area contributed by atoms with E-state index in [1.54, 1.807) is 60.8 Å². The van der Waals surface area contributed by atoms with Gasteiger partial charge in [-0.15, -0.1) is 0 Å². The molecule has 0 saturated heterocycles. The van der Waals surface area contributed by atoms with Crippen molar-refractivity contribution in [2.45, 2.75) is 0 Å². The molecule has 3 rings (SSSR count). The molecule has 5 N–H and O–H groups in total. The number of nitrogens with one attached hydrogen (secondary N) is 2. The summed E-state index contributed by atoms with van der Waals surface area (Å²) in [5.74, 6) is 0.471. The van der Waals surface area contributed by atoms with Crippen molar-refractivity contribution in [3.05, 3.63) is 66.4 Å². The molecule has 1 aromatic heterocycles. The lowest BCUT2D eigenvalue weighted by Gasteiger charge is -2.10. The van der Waals surface area contributed by atoms with Gasteiger partial charge in [-0.25, -0.2) is 4.98 Å². The number of hydrogen-bond acceptors (Lipinski definition) is 6. The number of phenolic OH excluding ortho intramolecular Hbond substituents is 1. The van der Waals surface area contributed by atoms with Crippen molar-refractivity contribution in [3.63, 3.8) is 0 Å². The van der Waals surface area contributed by atoms with Gasteiger partial charge >= 0.3 is 0 Å². The van der Waals surface area contributed by atoms with Crippen molar-refractivity contribution in [3.8, 4) is 5.75 Å². The lowest BCUT2D eigenvalue weighted by molar-refractivity contribution is 0.100. The van der Waals surface area contributed by atoms with Crippen molar-refractivity contribution in [2.75, 3.05) is 10.6 Å². The number of nitrogens with two attached hydrogens (primary N) is 1. The molecule has 0 atom stereocenters. The van der Waals surface area contributed by atoms with E-state index in [-0.39, 0.29) is 5.75 Å². The number of carbonyl (C=O) groups is 1. The van der Waals surface area contributed by atoms with Gasteiger partial charge in [0.2, 0.25) is 5.95 Å². The third kappa shape index (κ3) is 3.58. The minimum Gasteiger partial charge on any atom is -0.508 e. The predicted molar refractivity (Wildman–Crippen MR) is 91.7 cm³/mol. The zero-order chi connectivity index (χ0) is 16.9. The van der Waals surface area contributed by atoms with E-state index in [1.165, 1.54) is 0 Å². The second-order valence-electron chi connectivity index (χ2n) is 4.98. The first kappa shape index (κ1) is 15.3. The maximum Gasteiger partial charge on any atom is 0.250 e. The molecule has 3 aromatic rings. The summed E-state index contributed by atoms with van der Waals surface area (Å²) in [6.07, 6.45) is 1.58. The number of benzene rings is 2. The van der Waals surface area contributed by atoms with E-state index >= 15 is 0 Å². The molecule has 0 aliphatic heterocycles. The van der Waals surface area contributed by atoms with Crippen molar-refractivity contribution < 1.29 is 9.90 Å². The van der Waals surface area contributed by atoms with Crippen LogP contribution >= 0.6 is 0 Å². The predicted octanol–water partition coefficient (Wildman–Crippen LogP) is 2.77. The van der Waals surface area contributed by atoms with Crippen LogP contribution in [0.1, 0.15) is 10.4 Å². The van der Waals surface area contributed by atoms with Crippen LogP contribution in [0, 0.1) is 0 Å². The van der Waals surface area contributed by atoms with Gasteiger partial charge < -0.3 is 21.5 Å². The molecule has 0 spiro atoms. The Kier molecular flexibility index (Phi) is 4.24. The van der Waals surface area contributed by atoms with Crippen LogP contribution in [0.4, 0.5) is 23.1 Å². The van der Waals surface area contributed by atoms with Crippen molar-refractivity contribution in [1.82, 2.24) is 9.97 Å². The molecule has 0 saturated carbocycles. The summed E-state index contributed by atoms with van der Waals surface area (Å²) >= 11 is 0. The van der Waals surface area contributed by atoms with Gasteiger partial charge in [-0.05, 0) is 30.3 Å². The van der Waals surface area contributed by atoms with Gasteiger partial charge in [0, 0.05) is 18.0 Å². The summed E-state index contributed by atoms with van der Waals surface area (Å²) in [4.78, 5) is 19.9. The summed E-state index contributed by atoms with van der Waals surface area (Å²) in [6.45, 7) is 0. The fraction of sp³-hybridized carbons (Fsp3) is 0. The minimum absolute atomic E-state index is 0.155. The van der Waals surface area contributed by atoms with Crippen molar-refractivity contribution >= 4 is 29.0 Å². The highest BCUT2D eigenvalue weighted by Crippen LogP contribution is 2.22. The number of aromatic hydroxyl groups is 1. The SMILES string of the molecule is NC(=O)c1ccccc1Nc1nccc(Nc2cccc(O)c2)n1. The van der Waals surface area contributed by atoms with Crippen LogP contribution < -0.4 is 16.4 Å². The molecule has 0 aliphatic rings. The number of primary amides is 1. The summed E-state index contributed by atoms with van der Waals surface area (Å²) in [5, 5.41) is 15.5. The van der Waals surface area contributed by atoms with Gasteiger partial charge in [0.25, 0.3) is 5.91 Å². The Bertz CT molecular complexity index is 882. The maximum absolute atomic E-state index is 11.5. The molecule has 24 heavy (non-hydrogen) atoms. The zero-order valence-electron chi connectivity index (χ0n) is 12.6. The highest BCUT2D eigenvalue weighted by atomic mass is 16.3. The van der Waals surface area contributed by atoms with Gasteiger partial charge in [0.15, 0.2) is 0 Å². The number of amides is 1. The van der Waals surface area contributed by atoms with E-state index in [0.29, 0.717) is 28.7 Å². The van der Waals surface area contributed by atoms with Gasteiger partial charge in [-0.3, -0.25) is 4.79 Å². The first-order chi connectivity index (χ1) is 11.6. The fourth-order valence-electron chi connectivity index (χ4n) is 2.15. The number of phenols is 1. The largest absolute Gasteiger partial charge is 0.508 e. The molecule has 7 heteroatoms. The first-order valence-corrected chi connectivity index (χ1v) is 7.17. The molecule has 0 unspecified atom stereocenters. The molecule has 2 aromatic carbocycles. The molecule has 1 amide bonds. The highest BCUT2D eigenvalue weighted by Gasteiger charge is 2.08. The van der Waals surface area contributed by atoms with Crippen molar-refractivity contribution in [2.24, 2.45) is 5.73 Å². The minimum atomic E-state index is -0.535. The van der Waals surface area contributed by atoms with E-state index in [4.69, 9.17) is 5.73 Å². The monoisotopic (exact) mass is 321 g/mol. The fourth-order valence-corrected chi connectivity index (χ4v) is 2.15. The lowest BCUT2D eigenvalue weighted by Crippen LogP contribution is -2.13. The number of anilines is 4. The van der Waals surface area contributed by atoms with Gasteiger partial charge in [0.05, 0.1) is 11.3 Å². The van der Waals surface area contributed by atoms with Crippen LogP contribution in [0.2, 0.25) is 0 Å². The summed E-state index contributed by atoms with van der Waals surface area (Å²) in [7, 11) is 0. The van der Waals surface area contributed by atoms with Crippen LogP contribution in [0.25, 0.3) is 0 Å². The zero-order valence-corrected chi connectivity index (χ0v) is 12.6. The van der Waals surface area contributed by atoms with Gasteiger partial charge in [-0.2, -0.15) is 4.98 Å². The van der Waals surface area contributed by atoms with Gasteiger partial charge in [-0.1, -0.05) is 18.2 Å². The highest BCUT2D eigenvalue weighted by molar-refractivity contribution is 5.98. The Morgan fingerprint density at radius 3 is 2.67 bits per heavy atom. The number of rotatable bonds is 5. The summed E-state index contributed by atoms with van der Waals surface area (Å²) in [6, 6.07) is 15.2. The topological polar surface area (TPSA) is 113 Å². The average Bonchev–Trinajstić information content (AvgIpc) is 2.55. The van der Waals surface area contributed by atoms with Crippen LogP contribution in [0.15, 0.2) is 60.8 Å². The Hall–Kier alpha value is -3.61. The number of hydrogen-bond donors (Lipinski definition) is 4. The Morgan fingerprint density at radius 2 is 1.88 bits per heavy atom. The molecule has 1 heterocycles. The first-order valence-electron chi connectivity index (χ1n) is 7.17. The third-order valence-electron chi connectivity index (χ3n) is 3.21. The Labute approximate surface area is 138 Å². The normalized spacial score (nSPS) is 10.2. The van der Waals surface area contributed by atoms with E-state index < -0.39 is 5.91 Å². The maximum atomic E-state index is 11.5. The summed E-state index contributed by atoms with van der Waals surface area (Å²) < 4.78 is 0. The number of para-hydroxylation sites is 1. The van der Waals surface area contributed by atoms with E-state index in [1.807, 2.05) is 0 Å². The van der Waals surface area contributed by atoms with E-state index in [9.17, 15) is 9.90 Å². The second-order valence-corrected chi connectivity index (χ2v) is 4.98. The second kappa shape index (κ2) is 6.66. The van der Waals surface area contributed by atoms with Crippen LogP contribution in [0.5, 0.6) is 5.75 Å². The van der Waals surface area contributed by atoms with Crippen LogP contribution in [-0.4, -0.2) is 21.0 Å². The van der Waals surface area contributed by atoms with E-state index in [2.05, 4.69) is 20.6 Å². The van der Waals surface area contributed by atoms with E-state index in [0.717, 1.165) is 0 Å². The third-order valence-corrected chi connectivity index (χ3v) is 3.21. The number of aromatic nitrogens is 2. The molecule has 0 fully saturated rings. The lowest BCUT2D eigenvalue weighted by atomic mass is 10.1.